The molecular formula is C22H30O4. The Morgan fingerprint density at radius 1 is 1.27 bits per heavy atom. The third kappa shape index (κ3) is 2.87. The minimum Gasteiger partial charge on any atom is -0.458 e. The van der Waals surface area contributed by atoms with Crippen molar-refractivity contribution in [3.8, 4) is 0 Å². The topological polar surface area (TPSA) is 60.4 Å². The number of rotatable bonds is 3. The van der Waals surface area contributed by atoms with Crippen molar-refractivity contribution in [3.05, 3.63) is 22.8 Å². The van der Waals surface area contributed by atoms with Gasteiger partial charge in [-0.1, -0.05) is 33.8 Å². The number of hydrogen-bond donors (Lipinski definition) is 0. The first-order valence-corrected chi connectivity index (χ1v) is 9.75. The predicted molar refractivity (Wildman–Crippen MR) is 99.4 cm³/mol. The first-order valence-electron chi connectivity index (χ1n) is 9.75. The Morgan fingerprint density at radius 3 is 2.54 bits per heavy atom. The average Bonchev–Trinajstić information content (AvgIpc) is 2.73. The first-order chi connectivity index (χ1) is 12.1. The number of Topliss-reactive ketones (excluding diaryl/α,β-unsaturated/α-hetero) is 1. The van der Waals surface area contributed by atoms with Gasteiger partial charge in [-0.25, -0.2) is 0 Å². The largest absolute Gasteiger partial charge is 0.458 e. The van der Waals surface area contributed by atoms with Crippen LogP contribution in [0.4, 0.5) is 0 Å². The van der Waals surface area contributed by atoms with Gasteiger partial charge in [0.25, 0.3) is 0 Å². The monoisotopic (exact) mass is 358 g/mol. The molecule has 4 atom stereocenters. The summed E-state index contributed by atoms with van der Waals surface area (Å²) in [6.07, 6.45) is 6.35. The standard InChI is InChI=1S/C22H30O4/c1-13(2)16-11-19(25)18-10-17-15(12-23)20(26-14(3)24)6-7-21(17,4)8-9-22(16,18)5/h10,12-13,16,20H,6-9,11H2,1-5H3/t16-,20+,21+,22-/m1/s1. The van der Waals surface area contributed by atoms with Gasteiger partial charge < -0.3 is 4.74 Å². The molecule has 0 amide bonds. The molecule has 0 aromatic carbocycles. The number of aldehydes is 1. The van der Waals surface area contributed by atoms with E-state index in [4.69, 9.17) is 4.74 Å². The van der Waals surface area contributed by atoms with Crippen LogP contribution in [0.3, 0.4) is 0 Å². The molecule has 1 saturated carbocycles. The number of esters is 1. The second-order valence-corrected chi connectivity index (χ2v) is 9.14. The number of carbonyl (C=O) groups excluding carboxylic acids is 3. The number of carbonyl (C=O) groups is 3. The van der Waals surface area contributed by atoms with Crippen molar-refractivity contribution in [2.45, 2.75) is 72.8 Å². The zero-order valence-electron chi connectivity index (χ0n) is 16.6. The van der Waals surface area contributed by atoms with Crippen LogP contribution in [-0.2, 0) is 19.1 Å². The molecule has 1 fully saturated rings. The Kier molecular flexibility index (Phi) is 4.74. The van der Waals surface area contributed by atoms with Gasteiger partial charge in [0.05, 0.1) is 0 Å². The zero-order chi connectivity index (χ0) is 19.3. The molecule has 3 aliphatic rings. The van der Waals surface area contributed by atoms with Crippen LogP contribution in [0.1, 0.15) is 66.7 Å². The highest BCUT2D eigenvalue weighted by molar-refractivity contribution is 6.00. The Labute approximate surface area is 156 Å². The minimum absolute atomic E-state index is 0.135. The highest BCUT2D eigenvalue weighted by Crippen LogP contribution is 2.58. The van der Waals surface area contributed by atoms with Gasteiger partial charge in [0.1, 0.15) is 12.4 Å². The molecule has 0 aliphatic heterocycles. The lowest BCUT2D eigenvalue weighted by molar-refractivity contribution is -0.145. The van der Waals surface area contributed by atoms with E-state index >= 15 is 0 Å². The first kappa shape index (κ1) is 19.1. The summed E-state index contributed by atoms with van der Waals surface area (Å²) < 4.78 is 5.41. The smallest absolute Gasteiger partial charge is 0.303 e. The Balaban J connectivity index is 2.15. The normalized spacial score (nSPS) is 37.0. The summed E-state index contributed by atoms with van der Waals surface area (Å²) in [5.41, 5.74) is 2.06. The highest BCUT2D eigenvalue weighted by atomic mass is 16.5. The van der Waals surface area contributed by atoms with Gasteiger partial charge in [-0.15, -0.1) is 0 Å². The van der Waals surface area contributed by atoms with E-state index in [0.717, 1.165) is 36.7 Å². The maximum Gasteiger partial charge on any atom is 0.303 e. The Bertz CT molecular complexity index is 714. The molecule has 0 N–H and O–H groups in total. The van der Waals surface area contributed by atoms with Crippen LogP contribution in [0, 0.1) is 22.7 Å². The number of allylic oxidation sites excluding steroid dienone is 3. The van der Waals surface area contributed by atoms with Crippen LogP contribution in [0.15, 0.2) is 22.8 Å². The van der Waals surface area contributed by atoms with Gasteiger partial charge in [-0.05, 0) is 53.9 Å². The van der Waals surface area contributed by atoms with E-state index < -0.39 is 6.10 Å². The third-order valence-electron chi connectivity index (χ3n) is 7.13. The van der Waals surface area contributed by atoms with Crippen molar-refractivity contribution >= 4 is 18.0 Å². The van der Waals surface area contributed by atoms with Crippen molar-refractivity contribution in [1.29, 1.82) is 0 Å². The second-order valence-electron chi connectivity index (χ2n) is 9.14. The van der Waals surface area contributed by atoms with E-state index in [1.165, 1.54) is 6.92 Å². The fraction of sp³-hybridized carbons (Fsp3) is 0.682. The van der Waals surface area contributed by atoms with Gasteiger partial charge in [0.2, 0.25) is 0 Å². The molecular weight excluding hydrogens is 328 g/mol. The summed E-state index contributed by atoms with van der Waals surface area (Å²) in [7, 11) is 0. The molecule has 0 radical (unpaired) electrons. The van der Waals surface area contributed by atoms with E-state index in [-0.39, 0.29) is 22.6 Å². The maximum atomic E-state index is 12.8. The fourth-order valence-electron chi connectivity index (χ4n) is 5.51. The lowest BCUT2D eigenvalue weighted by Gasteiger charge is -2.39. The van der Waals surface area contributed by atoms with Crippen molar-refractivity contribution in [2.75, 3.05) is 0 Å². The third-order valence-corrected chi connectivity index (χ3v) is 7.13. The van der Waals surface area contributed by atoms with Crippen LogP contribution in [-0.4, -0.2) is 24.1 Å². The van der Waals surface area contributed by atoms with Crippen LogP contribution in [0.5, 0.6) is 0 Å². The summed E-state index contributed by atoms with van der Waals surface area (Å²) in [6.45, 7) is 10.2. The maximum absolute atomic E-state index is 12.8. The number of hydrogen-bond acceptors (Lipinski definition) is 4. The quantitative estimate of drug-likeness (QED) is 0.561. The number of ether oxygens (including phenoxy) is 1. The van der Waals surface area contributed by atoms with Crippen molar-refractivity contribution in [3.63, 3.8) is 0 Å². The SMILES string of the molecule is CC(=O)O[C@H]1CC[C@@]2(C)CC[C@@]3(C)C(=CC2=C1C=O)C(=O)C[C@@H]3C(C)C. The van der Waals surface area contributed by atoms with Gasteiger partial charge >= 0.3 is 5.97 Å². The summed E-state index contributed by atoms with van der Waals surface area (Å²) in [5.74, 6) is 0.620. The minimum atomic E-state index is -0.494. The van der Waals surface area contributed by atoms with Crippen molar-refractivity contribution in [1.82, 2.24) is 0 Å². The van der Waals surface area contributed by atoms with Gasteiger partial charge in [0, 0.05) is 24.5 Å². The zero-order valence-corrected chi connectivity index (χ0v) is 16.6. The molecule has 0 aromatic heterocycles. The van der Waals surface area contributed by atoms with E-state index in [0.29, 0.717) is 30.3 Å². The Morgan fingerprint density at radius 2 is 1.96 bits per heavy atom. The molecule has 3 aliphatic carbocycles. The number of fused-ring (bicyclic) bond motifs is 2. The molecule has 4 heteroatoms. The predicted octanol–water partition coefficient (Wildman–Crippen LogP) is 4.19. The van der Waals surface area contributed by atoms with E-state index in [2.05, 4.69) is 27.7 Å². The molecule has 0 unspecified atom stereocenters. The summed E-state index contributed by atoms with van der Waals surface area (Å²) in [6, 6.07) is 0. The summed E-state index contributed by atoms with van der Waals surface area (Å²) in [4.78, 5) is 36.2. The van der Waals surface area contributed by atoms with Gasteiger partial charge in [-0.3, -0.25) is 14.4 Å². The molecule has 4 nitrogen and oxygen atoms in total. The lowest BCUT2D eigenvalue weighted by Crippen LogP contribution is -2.34. The molecule has 26 heavy (non-hydrogen) atoms. The summed E-state index contributed by atoms with van der Waals surface area (Å²) >= 11 is 0. The average molecular weight is 358 g/mol. The van der Waals surface area contributed by atoms with Crippen molar-refractivity contribution in [2.24, 2.45) is 22.7 Å². The lowest BCUT2D eigenvalue weighted by atomic mass is 9.66. The van der Waals surface area contributed by atoms with Crippen LogP contribution < -0.4 is 0 Å². The molecule has 142 valence electrons. The van der Waals surface area contributed by atoms with Crippen LogP contribution in [0.25, 0.3) is 0 Å². The van der Waals surface area contributed by atoms with Gasteiger partial charge in [0.15, 0.2) is 5.78 Å². The Hall–Kier alpha value is -1.71. The highest BCUT2D eigenvalue weighted by Gasteiger charge is 2.52. The second kappa shape index (κ2) is 6.47. The number of ketones is 1. The summed E-state index contributed by atoms with van der Waals surface area (Å²) in [5, 5.41) is 0. The van der Waals surface area contributed by atoms with E-state index in [1.54, 1.807) is 0 Å². The van der Waals surface area contributed by atoms with Crippen LogP contribution >= 0.6 is 0 Å². The molecule has 0 aromatic rings. The molecule has 0 saturated heterocycles. The van der Waals surface area contributed by atoms with Gasteiger partial charge in [-0.2, -0.15) is 0 Å². The molecule has 0 bridgehead atoms. The fourth-order valence-corrected chi connectivity index (χ4v) is 5.51. The van der Waals surface area contributed by atoms with E-state index in [9.17, 15) is 14.4 Å². The molecule has 3 rings (SSSR count). The van der Waals surface area contributed by atoms with Crippen LogP contribution in [0.2, 0.25) is 0 Å². The van der Waals surface area contributed by atoms with E-state index in [1.807, 2.05) is 6.08 Å². The molecule has 0 spiro atoms. The van der Waals surface area contributed by atoms with Crippen molar-refractivity contribution < 1.29 is 19.1 Å². The molecule has 0 heterocycles.